The van der Waals surface area contributed by atoms with Gasteiger partial charge in [0.2, 0.25) is 5.91 Å². The van der Waals surface area contributed by atoms with Gasteiger partial charge in [0.25, 0.3) is 5.91 Å². The number of hydrogen-bond donors (Lipinski definition) is 1. The van der Waals surface area contributed by atoms with Crippen LogP contribution in [0.4, 0.5) is 11.4 Å². The number of anilines is 2. The predicted octanol–water partition coefficient (Wildman–Crippen LogP) is 3.45. The second-order valence-corrected chi connectivity index (χ2v) is 7.46. The first kappa shape index (κ1) is 19.1. The third-order valence-electron chi connectivity index (χ3n) is 5.69. The lowest BCUT2D eigenvalue weighted by Crippen LogP contribution is -2.37. The number of methoxy groups -OCH3 is 1. The number of hydrogen-bond acceptors (Lipinski definition) is 6. The van der Waals surface area contributed by atoms with Crippen LogP contribution >= 0.6 is 0 Å². The average molecular weight is 416 g/mol. The van der Waals surface area contributed by atoms with E-state index in [0.29, 0.717) is 11.4 Å². The zero-order valence-corrected chi connectivity index (χ0v) is 16.7. The Hall–Kier alpha value is -3.84. The van der Waals surface area contributed by atoms with Gasteiger partial charge in [-0.3, -0.25) is 14.4 Å². The summed E-state index contributed by atoms with van der Waals surface area (Å²) in [6.45, 7) is 0. The molecule has 2 aliphatic rings. The largest absolute Gasteiger partial charge is 0.508 e. The van der Waals surface area contributed by atoms with Crippen molar-refractivity contribution in [3.8, 4) is 11.5 Å². The van der Waals surface area contributed by atoms with Crippen molar-refractivity contribution in [2.24, 2.45) is 5.92 Å². The maximum Gasteiger partial charge on any atom is 0.266 e. The van der Waals surface area contributed by atoms with Gasteiger partial charge in [0.05, 0.1) is 24.5 Å². The number of phenols is 1. The molecule has 0 aromatic heterocycles. The van der Waals surface area contributed by atoms with Crippen LogP contribution in [0, 0.1) is 5.92 Å². The number of para-hydroxylation sites is 1. The monoisotopic (exact) mass is 416 g/mol. The number of ether oxygens (including phenoxy) is 1. The van der Waals surface area contributed by atoms with Crippen LogP contribution in [0.1, 0.15) is 11.6 Å². The van der Waals surface area contributed by atoms with Gasteiger partial charge in [-0.2, -0.15) is 0 Å². The summed E-state index contributed by atoms with van der Waals surface area (Å²) in [6, 6.07) is 22.2. The van der Waals surface area contributed by atoms with Crippen molar-refractivity contribution in [1.82, 2.24) is 0 Å². The number of imide groups is 1. The van der Waals surface area contributed by atoms with Crippen LogP contribution in [0.3, 0.4) is 0 Å². The highest BCUT2D eigenvalue weighted by molar-refractivity contribution is 6.23. The molecule has 0 spiro atoms. The topological polar surface area (TPSA) is 79.3 Å². The third kappa shape index (κ3) is 3.10. The summed E-state index contributed by atoms with van der Waals surface area (Å²) in [5.41, 5.74) is 1.99. The second kappa shape index (κ2) is 7.45. The van der Waals surface area contributed by atoms with Gasteiger partial charge in [-0.1, -0.05) is 30.3 Å². The maximum atomic E-state index is 13.5. The number of benzene rings is 3. The lowest BCUT2D eigenvalue weighted by Gasteiger charge is -2.28. The van der Waals surface area contributed by atoms with Crippen LogP contribution in [-0.2, 0) is 14.4 Å². The smallest absolute Gasteiger partial charge is 0.266 e. The van der Waals surface area contributed by atoms with Crippen molar-refractivity contribution >= 4 is 23.2 Å². The zero-order chi connectivity index (χ0) is 21.5. The van der Waals surface area contributed by atoms with Crippen LogP contribution in [-0.4, -0.2) is 30.1 Å². The normalized spacial score (nSPS) is 22.7. The van der Waals surface area contributed by atoms with Crippen LogP contribution in [0.5, 0.6) is 11.5 Å². The first-order chi connectivity index (χ1) is 15.1. The summed E-state index contributed by atoms with van der Waals surface area (Å²) in [6.07, 6.45) is -0.936. The lowest BCUT2D eigenvalue weighted by atomic mass is 9.90. The van der Waals surface area contributed by atoms with Crippen LogP contribution in [0.2, 0.25) is 0 Å². The molecule has 3 aromatic carbocycles. The van der Waals surface area contributed by atoms with E-state index in [1.165, 1.54) is 4.90 Å². The fourth-order valence-electron chi connectivity index (χ4n) is 4.21. The molecule has 31 heavy (non-hydrogen) atoms. The van der Waals surface area contributed by atoms with Crippen molar-refractivity contribution in [1.29, 1.82) is 0 Å². The number of carbonyl (C=O) groups is 2. The Balaban J connectivity index is 1.56. The molecule has 0 unspecified atom stereocenters. The number of aromatic hydroxyl groups is 1. The number of amides is 2. The number of hydroxylamine groups is 1. The highest BCUT2D eigenvalue weighted by Gasteiger charge is 2.60. The minimum Gasteiger partial charge on any atom is -0.508 e. The van der Waals surface area contributed by atoms with Gasteiger partial charge in [-0.15, -0.1) is 0 Å². The second-order valence-electron chi connectivity index (χ2n) is 7.46. The predicted molar refractivity (Wildman–Crippen MR) is 114 cm³/mol. The van der Waals surface area contributed by atoms with Gasteiger partial charge in [-0.05, 0) is 54.1 Å². The van der Waals surface area contributed by atoms with Gasteiger partial charge in [0.1, 0.15) is 17.4 Å². The van der Waals surface area contributed by atoms with Crippen molar-refractivity contribution in [2.45, 2.75) is 12.1 Å². The van der Waals surface area contributed by atoms with E-state index in [-0.39, 0.29) is 11.7 Å². The summed E-state index contributed by atoms with van der Waals surface area (Å²) >= 11 is 0. The van der Waals surface area contributed by atoms with Gasteiger partial charge < -0.3 is 9.84 Å². The highest BCUT2D eigenvalue weighted by atomic mass is 16.7. The molecule has 2 heterocycles. The van der Waals surface area contributed by atoms with E-state index in [1.807, 2.05) is 30.3 Å². The molecule has 3 aromatic rings. The van der Waals surface area contributed by atoms with E-state index >= 15 is 0 Å². The van der Waals surface area contributed by atoms with Crippen LogP contribution in [0.15, 0.2) is 78.9 Å². The maximum absolute atomic E-state index is 13.5. The molecule has 7 nitrogen and oxygen atoms in total. The van der Waals surface area contributed by atoms with Gasteiger partial charge in [0.15, 0.2) is 6.10 Å². The van der Waals surface area contributed by atoms with E-state index in [2.05, 4.69) is 0 Å². The van der Waals surface area contributed by atoms with Gasteiger partial charge in [0, 0.05) is 0 Å². The number of carbonyl (C=O) groups excluding carboxylic acids is 2. The molecular formula is C24H20N2O5. The molecule has 3 atom stereocenters. The molecule has 156 valence electrons. The summed E-state index contributed by atoms with van der Waals surface area (Å²) in [5.74, 6) is -0.686. The Morgan fingerprint density at radius 2 is 1.52 bits per heavy atom. The molecule has 1 N–H and O–H groups in total. The van der Waals surface area contributed by atoms with E-state index < -0.39 is 24.0 Å². The average Bonchev–Trinajstić information content (AvgIpc) is 3.31. The zero-order valence-electron chi connectivity index (χ0n) is 16.7. The van der Waals surface area contributed by atoms with E-state index in [4.69, 9.17) is 9.57 Å². The van der Waals surface area contributed by atoms with E-state index in [1.54, 1.807) is 60.7 Å². The first-order valence-electron chi connectivity index (χ1n) is 9.90. The Bertz CT molecular complexity index is 1110. The number of rotatable bonds is 4. The molecule has 2 saturated heterocycles. The number of fused-ring (bicyclic) bond motifs is 1. The molecule has 7 heteroatoms. The highest BCUT2D eigenvalue weighted by Crippen LogP contribution is 2.47. The number of phenolic OH excluding ortho intramolecular Hbond substituents is 1. The standard InChI is InChI=1S/C24H20N2O5/c1-30-19-13-9-16(10-14-19)25-23(28)20-21(15-7-11-18(27)12-8-15)26(31-22(20)24(25)29)17-5-3-2-4-6-17/h2-14,20-22,27H,1H3/t20-,21-,22+/m0/s1. The lowest BCUT2D eigenvalue weighted by molar-refractivity contribution is -0.126. The SMILES string of the molecule is COc1ccc(N2C(=O)[C@@H]3[C@@H](ON(c4ccccc4)[C@H]3c3ccc(O)cc3)C2=O)cc1. The molecule has 0 aliphatic carbocycles. The molecule has 5 rings (SSSR count). The van der Waals surface area contributed by atoms with E-state index in [0.717, 1.165) is 11.3 Å². The van der Waals surface area contributed by atoms with Gasteiger partial charge >= 0.3 is 0 Å². The molecule has 0 saturated carbocycles. The Morgan fingerprint density at radius 3 is 2.16 bits per heavy atom. The molecule has 2 amide bonds. The quantitative estimate of drug-likeness (QED) is 0.657. The van der Waals surface area contributed by atoms with Crippen molar-refractivity contribution < 1.29 is 24.3 Å². The fraction of sp³-hybridized carbons (Fsp3) is 0.167. The third-order valence-corrected chi connectivity index (χ3v) is 5.69. The first-order valence-corrected chi connectivity index (χ1v) is 9.90. The summed E-state index contributed by atoms with van der Waals surface area (Å²) < 4.78 is 5.17. The van der Waals surface area contributed by atoms with Crippen LogP contribution in [0.25, 0.3) is 0 Å². The molecule has 0 radical (unpaired) electrons. The Labute approximate surface area is 179 Å². The summed E-state index contributed by atoms with van der Waals surface area (Å²) in [7, 11) is 1.56. The molecule has 0 bridgehead atoms. The minimum absolute atomic E-state index is 0.124. The minimum atomic E-state index is -0.936. The Kier molecular flexibility index (Phi) is 4.60. The van der Waals surface area contributed by atoms with Gasteiger partial charge in [-0.25, -0.2) is 9.96 Å². The molecular weight excluding hydrogens is 396 g/mol. The molecule has 2 fully saturated rings. The summed E-state index contributed by atoms with van der Waals surface area (Å²) in [5, 5.41) is 11.3. The number of nitrogens with zero attached hydrogens (tertiary/aromatic N) is 2. The van der Waals surface area contributed by atoms with E-state index in [9.17, 15) is 14.7 Å². The van der Waals surface area contributed by atoms with Crippen molar-refractivity contribution in [3.63, 3.8) is 0 Å². The molecule has 2 aliphatic heterocycles. The fourth-order valence-corrected chi connectivity index (χ4v) is 4.21. The summed E-state index contributed by atoms with van der Waals surface area (Å²) in [4.78, 5) is 34.0. The van der Waals surface area contributed by atoms with Crippen LogP contribution < -0.4 is 14.7 Å². The van der Waals surface area contributed by atoms with Crippen molar-refractivity contribution in [3.05, 3.63) is 84.4 Å². The van der Waals surface area contributed by atoms with Crippen molar-refractivity contribution in [2.75, 3.05) is 17.1 Å². The Morgan fingerprint density at radius 1 is 0.839 bits per heavy atom.